The van der Waals surface area contributed by atoms with Crippen LogP contribution in [0.4, 0.5) is 0 Å². The van der Waals surface area contributed by atoms with Crippen molar-refractivity contribution in [2.75, 3.05) is 26.9 Å². The Balaban J connectivity index is 4.21. The number of amides is 2. The van der Waals surface area contributed by atoms with Crippen molar-refractivity contribution in [2.24, 2.45) is 5.92 Å². The number of ether oxygens (including phenoxy) is 2. The average molecular weight is 330 g/mol. The van der Waals surface area contributed by atoms with Gasteiger partial charge in [0.2, 0.25) is 6.41 Å². The van der Waals surface area contributed by atoms with Crippen LogP contribution in [0.25, 0.3) is 0 Å². The summed E-state index contributed by atoms with van der Waals surface area (Å²) in [5.41, 5.74) is 0. The van der Waals surface area contributed by atoms with Crippen LogP contribution in [0.15, 0.2) is 12.3 Å². The van der Waals surface area contributed by atoms with Gasteiger partial charge in [0.05, 0.1) is 6.61 Å². The largest absolute Gasteiger partial charge is 0.463 e. The molecule has 0 saturated heterocycles. The van der Waals surface area contributed by atoms with Gasteiger partial charge in [-0.15, -0.1) is 0 Å². The minimum absolute atomic E-state index is 0.101. The van der Waals surface area contributed by atoms with Gasteiger partial charge in [-0.25, -0.2) is 0 Å². The van der Waals surface area contributed by atoms with Crippen molar-refractivity contribution in [3.8, 4) is 0 Å². The fourth-order valence-corrected chi connectivity index (χ4v) is 1.63. The number of nitrogens with one attached hydrogen (secondary N) is 1. The van der Waals surface area contributed by atoms with E-state index in [2.05, 4.69) is 0 Å². The van der Waals surface area contributed by atoms with Gasteiger partial charge in [0.15, 0.2) is 0 Å². The number of nitrogens with zero attached hydrogens (tertiary/aromatic N) is 1. The normalized spacial score (nSPS) is 12.2. The summed E-state index contributed by atoms with van der Waals surface area (Å²) in [6.07, 6.45) is 3.09. The van der Waals surface area contributed by atoms with E-state index < -0.39 is 12.1 Å². The van der Waals surface area contributed by atoms with Gasteiger partial charge in [-0.1, -0.05) is 13.8 Å². The maximum absolute atomic E-state index is 11.4. The molecule has 8 nitrogen and oxygen atoms in total. The summed E-state index contributed by atoms with van der Waals surface area (Å²) in [6.45, 7) is 4.05. The van der Waals surface area contributed by atoms with E-state index in [1.165, 1.54) is 12.3 Å². The highest BCUT2D eigenvalue weighted by molar-refractivity contribution is 5.94. The fraction of sp³-hybridized carbons (Fsp3) is 0.667. The number of aliphatic hydroxyl groups excluding tert-OH is 1. The lowest BCUT2D eigenvalue weighted by Crippen LogP contribution is -2.33. The van der Waals surface area contributed by atoms with Crippen molar-refractivity contribution in [3.05, 3.63) is 12.3 Å². The lowest BCUT2D eigenvalue weighted by Gasteiger charge is -2.26. The highest BCUT2D eigenvalue weighted by atomic mass is 16.6. The summed E-state index contributed by atoms with van der Waals surface area (Å²) >= 11 is 0. The number of carbonyl (C=O) groups is 3. The zero-order valence-corrected chi connectivity index (χ0v) is 13.9. The van der Waals surface area contributed by atoms with Crippen molar-refractivity contribution in [1.82, 2.24) is 10.2 Å². The Morgan fingerprint density at radius 2 is 2.00 bits per heavy atom. The second kappa shape index (κ2) is 12.6. The van der Waals surface area contributed by atoms with Gasteiger partial charge < -0.3 is 19.5 Å². The first-order valence-electron chi connectivity index (χ1n) is 7.43. The fourth-order valence-electron chi connectivity index (χ4n) is 1.63. The molecule has 0 aromatic heterocycles. The van der Waals surface area contributed by atoms with Crippen molar-refractivity contribution < 1.29 is 29.0 Å². The van der Waals surface area contributed by atoms with E-state index in [0.29, 0.717) is 19.3 Å². The number of aliphatic hydroxyl groups is 1. The smallest absolute Gasteiger partial charge is 0.306 e. The Kier molecular flexibility index (Phi) is 11.5. The first kappa shape index (κ1) is 21.1. The number of carbonyl (C=O) groups excluding carboxylic acids is 3. The molecular formula is C15H26N2O6. The molecule has 2 amide bonds. The number of esters is 1. The molecule has 0 aliphatic heterocycles. The van der Waals surface area contributed by atoms with Crippen LogP contribution in [0.2, 0.25) is 0 Å². The second-order valence-electron chi connectivity index (χ2n) is 5.26. The summed E-state index contributed by atoms with van der Waals surface area (Å²) < 4.78 is 10.6. The van der Waals surface area contributed by atoms with Crippen LogP contribution in [0.3, 0.4) is 0 Å². The molecule has 1 atom stereocenters. The lowest BCUT2D eigenvalue weighted by atomic mass is 10.1. The summed E-state index contributed by atoms with van der Waals surface area (Å²) in [7, 11) is 1.66. The van der Waals surface area contributed by atoms with Gasteiger partial charge in [0.25, 0.3) is 5.91 Å². The van der Waals surface area contributed by atoms with Crippen molar-refractivity contribution in [1.29, 1.82) is 0 Å². The third-order valence-electron chi connectivity index (χ3n) is 2.72. The molecule has 0 aromatic carbocycles. The molecule has 0 bridgehead atoms. The number of imide groups is 1. The maximum atomic E-state index is 11.4. The van der Waals surface area contributed by atoms with Gasteiger partial charge in [0.1, 0.15) is 12.8 Å². The van der Waals surface area contributed by atoms with Crippen LogP contribution >= 0.6 is 0 Å². The standard InChI is InChI=1S/C15H26N2O6/c1-12(2)10-15(21)23-9-8-22-14(5-7-18)17(3)6-4-13(20)16-11-19/h4,6,11-12,14,18H,5,7-10H2,1-3H3,(H,16,19,20)/b6-4-. The monoisotopic (exact) mass is 330 g/mol. The van der Waals surface area contributed by atoms with Crippen molar-refractivity contribution in [3.63, 3.8) is 0 Å². The highest BCUT2D eigenvalue weighted by Crippen LogP contribution is 2.05. The Morgan fingerprint density at radius 3 is 2.57 bits per heavy atom. The molecule has 0 aliphatic rings. The topological polar surface area (TPSA) is 105 Å². The van der Waals surface area contributed by atoms with Gasteiger partial charge in [-0.05, 0) is 5.92 Å². The van der Waals surface area contributed by atoms with Gasteiger partial charge in [-0.2, -0.15) is 0 Å². The summed E-state index contributed by atoms with van der Waals surface area (Å²) in [5.74, 6) is -0.599. The Bertz CT molecular complexity index is 397. The minimum Gasteiger partial charge on any atom is -0.463 e. The molecule has 0 spiro atoms. The third-order valence-corrected chi connectivity index (χ3v) is 2.72. The molecule has 0 aliphatic carbocycles. The Morgan fingerprint density at radius 1 is 1.30 bits per heavy atom. The Labute approximate surface area is 136 Å². The van der Waals surface area contributed by atoms with E-state index in [9.17, 15) is 14.4 Å². The first-order valence-corrected chi connectivity index (χ1v) is 7.43. The number of hydrogen-bond acceptors (Lipinski definition) is 7. The highest BCUT2D eigenvalue weighted by Gasteiger charge is 2.13. The number of rotatable bonds is 12. The van der Waals surface area contributed by atoms with Gasteiger partial charge in [0, 0.05) is 38.8 Å². The molecule has 0 radical (unpaired) electrons. The van der Waals surface area contributed by atoms with Crippen LogP contribution in [0.5, 0.6) is 0 Å². The van der Waals surface area contributed by atoms with Gasteiger partial charge >= 0.3 is 5.97 Å². The quantitative estimate of drug-likeness (QED) is 0.171. The molecule has 0 heterocycles. The van der Waals surface area contributed by atoms with Crippen LogP contribution in [-0.4, -0.2) is 61.4 Å². The predicted molar refractivity (Wildman–Crippen MR) is 83.0 cm³/mol. The molecular weight excluding hydrogens is 304 g/mol. The van der Waals surface area contributed by atoms with E-state index in [0.717, 1.165) is 0 Å². The molecule has 1 unspecified atom stereocenters. The van der Waals surface area contributed by atoms with Crippen LogP contribution in [0.1, 0.15) is 26.7 Å². The molecule has 0 aromatic rings. The molecule has 23 heavy (non-hydrogen) atoms. The molecule has 0 saturated carbocycles. The van der Waals surface area contributed by atoms with Crippen molar-refractivity contribution in [2.45, 2.75) is 32.9 Å². The predicted octanol–water partition coefficient (Wildman–Crippen LogP) is 0.0189. The SMILES string of the molecule is CC(C)CC(=O)OCCOC(CCO)N(C)/C=C\C(=O)NC=O. The van der Waals surface area contributed by atoms with Crippen molar-refractivity contribution >= 4 is 18.3 Å². The molecule has 0 fully saturated rings. The minimum atomic E-state index is -0.558. The summed E-state index contributed by atoms with van der Waals surface area (Å²) in [5, 5.41) is 11.0. The first-order chi connectivity index (χ1) is 10.9. The third kappa shape index (κ3) is 11.3. The second-order valence-corrected chi connectivity index (χ2v) is 5.26. The molecule has 0 rings (SSSR count). The lowest BCUT2D eigenvalue weighted by molar-refractivity contribution is -0.148. The molecule has 132 valence electrons. The summed E-state index contributed by atoms with van der Waals surface area (Å²) in [4.78, 5) is 34.2. The van der Waals surface area contributed by atoms with Gasteiger partial charge in [-0.3, -0.25) is 19.7 Å². The zero-order chi connectivity index (χ0) is 17.7. The zero-order valence-electron chi connectivity index (χ0n) is 13.9. The Hall–Kier alpha value is -1.93. The van der Waals surface area contributed by atoms with Crippen LogP contribution < -0.4 is 5.32 Å². The maximum Gasteiger partial charge on any atom is 0.306 e. The van der Waals surface area contributed by atoms with E-state index >= 15 is 0 Å². The van der Waals surface area contributed by atoms with Crippen LogP contribution in [-0.2, 0) is 23.9 Å². The van der Waals surface area contributed by atoms with E-state index in [-0.39, 0.29) is 31.7 Å². The summed E-state index contributed by atoms with van der Waals surface area (Å²) in [6, 6.07) is 0. The molecule has 2 N–H and O–H groups in total. The van der Waals surface area contributed by atoms with E-state index in [1.807, 2.05) is 19.2 Å². The van der Waals surface area contributed by atoms with E-state index in [4.69, 9.17) is 14.6 Å². The van der Waals surface area contributed by atoms with E-state index in [1.54, 1.807) is 11.9 Å². The molecule has 8 heteroatoms. The number of hydrogen-bond donors (Lipinski definition) is 2. The average Bonchev–Trinajstić information content (AvgIpc) is 2.47. The van der Waals surface area contributed by atoms with Crippen LogP contribution in [0, 0.1) is 5.92 Å².